The zero-order chi connectivity index (χ0) is 14.5. The highest BCUT2D eigenvalue weighted by molar-refractivity contribution is 6.03. The first-order chi connectivity index (χ1) is 9.58. The normalized spacial score (nSPS) is 11.2. The number of nitrogens with one attached hydrogen (secondary N) is 1. The molecule has 0 atom stereocenters. The van der Waals surface area contributed by atoms with Gasteiger partial charge >= 0.3 is 0 Å². The molecule has 4 nitrogen and oxygen atoms in total. The second-order valence-electron chi connectivity index (χ2n) is 4.46. The lowest BCUT2D eigenvalue weighted by molar-refractivity contribution is 0.102. The molecule has 20 heavy (non-hydrogen) atoms. The van der Waals surface area contributed by atoms with Crippen LogP contribution in [0.3, 0.4) is 0 Å². The first-order valence-corrected chi connectivity index (χ1v) is 6.28. The van der Waals surface area contributed by atoms with Gasteiger partial charge in [0.15, 0.2) is 5.76 Å². The fraction of sp³-hybridized carbons (Fsp3) is 0.188. The summed E-state index contributed by atoms with van der Waals surface area (Å²) in [6, 6.07) is 11.0. The van der Waals surface area contributed by atoms with Gasteiger partial charge in [-0.2, -0.15) is 0 Å². The summed E-state index contributed by atoms with van der Waals surface area (Å²) in [5, 5.41) is 3.14. The van der Waals surface area contributed by atoms with Crippen molar-refractivity contribution in [2.75, 3.05) is 12.4 Å². The number of benzene rings is 1. The second-order valence-corrected chi connectivity index (χ2v) is 4.46. The molecule has 2 rings (SSSR count). The van der Waals surface area contributed by atoms with E-state index in [1.165, 1.54) is 6.08 Å². The zero-order valence-electron chi connectivity index (χ0n) is 11.8. The van der Waals surface area contributed by atoms with Crippen molar-refractivity contribution in [3.8, 4) is 5.75 Å². The first kappa shape index (κ1) is 13.9. The van der Waals surface area contributed by atoms with E-state index in [-0.39, 0.29) is 5.78 Å². The molecule has 0 aliphatic rings. The van der Waals surface area contributed by atoms with Gasteiger partial charge in [0.25, 0.3) is 0 Å². The summed E-state index contributed by atoms with van der Waals surface area (Å²) < 4.78 is 10.4. The quantitative estimate of drug-likeness (QED) is 0.664. The molecule has 0 aliphatic carbocycles. The summed E-state index contributed by atoms with van der Waals surface area (Å²) in [6.45, 7) is 3.63. The third-order valence-corrected chi connectivity index (χ3v) is 2.74. The van der Waals surface area contributed by atoms with Crippen LogP contribution < -0.4 is 10.1 Å². The van der Waals surface area contributed by atoms with Gasteiger partial charge in [0, 0.05) is 23.5 Å². The van der Waals surface area contributed by atoms with Crippen LogP contribution in [0.1, 0.15) is 23.2 Å². The molecule has 0 aliphatic heterocycles. The largest absolute Gasteiger partial charge is 0.497 e. The van der Waals surface area contributed by atoms with E-state index in [1.807, 2.05) is 38.1 Å². The Kier molecular flexibility index (Phi) is 4.25. The van der Waals surface area contributed by atoms with Gasteiger partial charge in [-0.1, -0.05) is 6.07 Å². The second kappa shape index (κ2) is 6.10. The fourth-order valence-electron chi connectivity index (χ4n) is 1.80. The van der Waals surface area contributed by atoms with E-state index < -0.39 is 0 Å². The minimum Gasteiger partial charge on any atom is -0.497 e. The van der Waals surface area contributed by atoms with E-state index in [1.54, 1.807) is 19.2 Å². The van der Waals surface area contributed by atoms with Crippen molar-refractivity contribution in [3.63, 3.8) is 0 Å². The van der Waals surface area contributed by atoms with Crippen molar-refractivity contribution in [1.82, 2.24) is 0 Å². The van der Waals surface area contributed by atoms with E-state index in [0.717, 1.165) is 22.9 Å². The van der Waals surface area contributed by atoms with Crippen LogP contribution in [0.2, 0.25) is 0 Å². The van der Waals surface area contributed by atoms with Gasteiger partial charge in [-0.15, -0.1) is 0 Å². The molecule has 0 radical (unpaired) electrons. The smallest absolute Gasteiger partial charge is 0.222 e. The Bertz CT molecular complexity index is 641. The predicted molar refractivity (Wildman–Crippen MR) is 78.1 cm³/mol. The molecule has 0 unspecified atom stereocenters. The van der Waals surface area contributed by atoms with Crippen molar-refractivity contribution in [3.05, 3.63) is 59.7 Å². The molecular weight excluding hydrogens is 254 g/mol. The number of carbonyl (C=O) groups is 1. The molecular formula is C16H17NO3. The van der Waals surface area contributed by atoms with Gasteiger partial charge in [-0.25, -0.2) is 0 Å². The average Bonchev–Trinajstić information content (AvgIpc) is 2.85. The number of anilines is 1. The summed E-state index contributed by atoms with van der Waals surface area (Å²) in [4.78, 5) is 11.9. The van der Waals surface area contributed by atoms with E-state index >= 15 is 0 Å². The van der Waals surface area contributed by atoms with Crippen molar-refractivity contribution in [2.24, 2.45) is 0 Å². The lowest BCUT2D eigenvalue weighted by Gasteiger charge is -2.07. The lowest BCUT2D eigenvalue weighted by atomic mass is 10.2. The Balaban J connectivity index is 2.08. The third kappa shape index (κ3) is 3.51. The molecule has 1 aromatic carbocycles. The van der Waals surface area contributed by atoms with Crippen LogP contribution in [0, 0.1) is 6.92 Å². The Hall–Kier alpha value is -2.49. The first-order valence-electron chi connectivity index (χ1n) is 6.28. The number of allylic oxidation sites excluding steroid dienone is 2. The highest BCUT2D eigenvalue weighted by Gasteiger charge is 2.07. The number of hydrogen-bond acceptors (Lipinski definition) is 4. The van der Waals surface area contributed by atoms with Gasteiger partial charge in [-0.05, 0) is 38.1 Å². The molecule has 2 aromatic rings. The number of furan rings is 1. The number of aryl methyl sites for hydroxylation is 1. The van der Waals surface area contributed by atoms with E-state index in [9.17, 15) is 4.79 Å². The maximum absolute atomic E-state index is 11.9. The molecule has 104 valence electrons. The molecule has 0 amide bonds. The number of ether oxygens (including phenoxy) is 1. The van der Waals surface area contributed by atoms with Gasteiger partial charge in [-0.3, -0.25) is 4.79 Å². The van der Waals surface area contributed by atoms with Crippen LogP contribution in [-0.4, -0.2) is 12.9 Å². The average molecular weight is 271 g/mol. The molecule has 4 heteroatoms. The molecule has 0 bridgehead atoms. The standard InChI is InChI=1S/C16H17NO3/c1-11(9-15(18)16-8-7-12(2)20-16)17-13-5-4-6-14(10-13)19-3/h4-10,17H,1-3H3/b11-9+. The molecule has 0 saturated carbocycles. The van der Waals surface area contributed by atoms with Crippen LogP contribution in [-0.2, 0) is 0 Å². The summed E-state index contributed by atoms with van der Waals surface area (Å²) in [6.07, 6.45) is 1.51. The SMILES string of the molecule is COc1cccc(N/C(C)=C/C(=O)c2ccc(C)o2)c1. The number of ketones is 1. The fourth-order valence-corrected chi connectivity index (χ4v) is 1.80. The summed E-state index contributed by atoms with van der Waals surface area (Å²) in [5.74, 6) is 1.66. The lowest BCUT2D eigenvalue weighted by Crippen LogP contribution is -2.00. The Morgan fingerprint density at radius 3 is 2.75 bits per heavy atom. The van der Waals surface area contributed by atoms with E-state index in [4.69, 9.17) is 9.15 Å². The zero-order valence-corrected chi connectivity index (χ0v) is 11.8. The van der Waals surface area contributed by atoms with Crippen LogP contribution >= 0.6 is 0 Å². The van der Waals surface area contributed by atoms with Crippen LogP contribution in [0.4, 0.5) is 5.69 Å². The van der Waals surface area contributed by atoms with E-state index in [0.29, 0.717) is 5.76 Å². The number of rotatable bonds is 5. The maximum atomic E-state index is 11.9. The van der Waals surface area contributed by atoms with Gasteiger partial charge in [0.1, 0.15) is 11.5 Å². The van der Waals surface area contributed by atoms with Crippen LogP contribution in [0.15, 0.2) is 52.6 Å². The monoisotopic (exact) mass is 271 g/mol. The molecule has 1 heterocycles. The van der Waals surface area contributed by atoms with E-state index in [2.05, 4.69) is 5.32 Å². The number of carbonyl (C=O) groups excluding carboxylic acids is 1. The van der Waals surface area contributed by atoms with Gasteiger partial charge in [0.2, 0.25) is 5.78 Å². The minimum absolute atomic E-state index is 0.161. The third-order valence-electron chi connectivity index (χ3n) is 2.74. The van der Waals surface area contributed by atoms with Crippen molar-refractivity contribution in [1.29, 1.82) is 0 Å². The summed E-state index contributed by atoms with van der Waals surface area (Å²) in [5.41, 5.74) is 1.60. The highest BCUT2D eigenvalue weighted by Crippen LogP contribution is 2.18. The number of methoxy groups -OCH3 is 1. The van der Waals surface area contributed by atoms with Crippen LogP contribution in [0.25, 0.3) is 0 Å². The molecule has 0 saturated heterocycles. The highest BCUT2D eigenvalue weighted by atomic mass is 16.5. The maximum Gasteiger partial charge on any atom is 0.222 e. The molecule has 0 fully saturated rings. The minimum atomic E-state index is -0.161. The Morgan fingerprint density at radius 2 is 2.10 bits per heavy atom. The molecule has 1 N–H and O–H groups in total. The van der Waals surface area contributed by atoms with Gasteiger partial charge in [0.05, 0.1) is 7.11 Å². The van der Waals surface area contributed by atoms with Crippen molar-refractivity contribution < 1.29 is 13.9 Å². The predicted octanol–water partition coefficient (Wildman–Crippen LogP) is 3.80. The van der Waals surface area contributed by atoms with Crippen LogP contribution in [0.5, 0.6) is 5.75 Å². The Labute approximate surface area is 118 Å². The number of hydrogen-bond donors (Lipinski definition) is 1. The Morgan fingerprint density at radius 1 is 1.30 bits per heavy atom. The van der Waals surface area contributed by atoms with Gasteiger partial charge < -0.3 is 14.5 Å². The molecule has 0 spiro atoms. The summed E-state index contributed by atoms with van der Waals surface area (Å²) >= 11 is 0. The van der Waals surface area contributed by atoms with Crippen molar-refractivity contribution in [2.45, 2.75) is 13.8 Å². The summed E-state index contributed by atoms with van der Waals surface area (Å²) in [7, 11) is 1.62. The molecule has 1 aromatic heterocycles. The van der Waals surface area contributed by atoms with Crippen molar-refractivity contribution >= 4 is 11.5 Å². The topological polar surface area (TPSA) is 51.5 Å².